The zero-order valence-electron chi connectivity index (χ0n) is 38.6. The van der Waals surface area contributed by atoms with Crippen molar-refractivity contribution >= 4 is 52.5 Å². The fourth-order valence-electron chi connectivity index (χ4n) is 8.75. The minimum Gasteiger partial charge on any atom is -0.478 e. The molecule has 0 saturated heterocycles. The fraction of sp³-hybridized carbons (Fsp3) is 0.471. The Morgan fingerprint density at radius 3 is 1.34 bits per heavy atom. The maximum atomic E-state index is 13.0. The lowest BCUT2D eigenvalue weighted by atomic mass is 9.74. The third-order valence-electron chi connectivity index (χ3n) is 13.2. The van der Waals surface area contributed by atoms with Gasteiger partial charge in [0.25, 0.3) is 11.8 Å². The second kappa shape index (κ2) is 21.8. The van der Waals surface area contributed by atoms with Crippen LogP contribution in [0.3, 0.4) is 0 Å². The molecule has 0 radical (unpaired) electrons. The van der Waals surface area contributed by atoms with E-state index >= 15 is 0 Å². The van der Waals surface area contributed by atoms with Gasteiger partial charge >= 0.3 is 0 Å². The number of para-hydroxylation sites is 1. The summed E-state index contributed by atoms with van der Waals surface area (Å²) in [6, 6.07) is 30.0. The number of ether oxygens (including phenoxy) is 2. The molecule has 0 spiro atoms. The second-order valence-corrected chi connectivity index (χ2v) is 20.0. The molecule has 0 atom stereocenters. The van der Waals surface area contributed by atoms with Crippen LogP contribution in [0.4, 0.5) is 0 Å². The van der Waals surface area contributed by atoms with E-state index < -0.39 is 17.1 Å². The van der Waals surface area contributed by atoms with Crippen LogP contribution in [0.25, 0.3) is 0 Å². The van der Waals surface area contributed by atoms with Crippen molar-refractivity contribution in [2.24, 2.45) is 5.73 Å². The molecular weight excluding hydrogens is 869 g/mol. The first-order valence-electron chi connectivity index (χ1n) is 22.1. The van der Waals surface area contributed by atoms with E-state index in [9.17, 15) is 14.4 Å². The molecule has 10 nitrogen and oxygen atoms in total. The predicted molar refractivity (Wildman–Crippen MR) is 260 cm³/mol. The van der Waals surface area contributed by atoms with E-state index in [0.717, 1.165) is 79.8 Å². The molecule has 0 heterocycles. The lowest BCUT2D eigenvalue weighted by molar-refractivity contribution is -0.136. The Morgan fingerprint density at radius 2 is 0.969 bits per heavy atom. The molecule has 0 aromatic heterocycles. The number of carbonyl (C=O) groups excluding carboxylic acids is 3. The quantitative estimate of drug-likeness (QED) is 0.108. The van der Waals surface area contributed by atoms with Gasteiger partial charge in [-0.1, -0.05) is 83.3 Å². The van der Waals surface area contributed by atoms with Crippen LogP contribution in [0.1, 0.15) is 101 Å². The topological polar surface area (TPSA) is 126 Å². The molecule has 13 heteroatoms. The van der Waals surface area contributed by atoms with Crippen LogP contribution >= 0.6 is 34.8 Å². The van der Waals surface area contributed by atoms with Crippen molar-refractivity contribution in [2.45, 2.75) is 126 Å². The Labute approximate surface area is 395 Å². The Hall–Kier alpha value is -4.32. The number of nitrogens with zero attached hydrogens (tertiary/aromatic N) is 2. The Morgan fingerprint density at radius 1 is 0.594 bits per heavy atom. The molecule has 4 N–H and O–H groups in total. The van der Waals surface area contributed by atoms with Crippen LogP contribution in [0.5, 0.6) is 11.5 Å². The van der Waals surface area contributed by atoms with Gasteiger partial charge < -0.3 is 35.6 Å². The van der Waals surface area contributed by atoms with Crippen molar-refractivity contribution in [1.82, 2.24) is 20.4 Å². The van der Waals surface area contributed by atoms with E-state index in [1.54, 1.807) is 64.1 Å². The first-order valence-corrected chi connectivity index (χ1v) is 23.2. The van der Waals surface area contributed by atoms with Gasteiger partial charge in [-0.05, 0) is 180 Å². The molecule has 2 fully saturated rings. The second-order valence-electron chi connectivity index (χ2n) is 18.8. The van der Waals surface area contributed by atoms with Gasteiger partial charge in [0.15, 0.2) is 11.2 Å². The van der Waals surface area contributed by atoms with E-state index in [4.69, 9.17) is 50.0 Å². The number of hydrogen-bond donors (Lipinski definition) is 3. The molecule has 2 aliphatic carbocycles. The van der Waals surface area contributed by atoms with Gasteiger partial charge in [-0.3, -0.25) is 14.4 Å². The fourth-order valence-corrected chi connectivity index (χ4v) is 9.33. The first-order chi connectivity index (χ1) is 30.1. The summed E-state index contributed by atoms with van der Waals surface area (Å²) in [7, 11) is 8.51. The van der Waals surface area contributed by atoms with Crippen molar-refractivity contribution in [1.29, 1.82) is 0 Å². The van der Waals surface area contributed by atoms with Crippen molar-refractivity contribution in [2.75, 3.05) is 28.2 Å². The smallest absolute Gasteiger partial charge is 0.263 e. The van der Waals surface area contributed by atoms with Crippen molar-refractivity contribution in [3.63, 3.8) is 0 Å². The highest BCUT2D eigenvalue weighted by Crippen LogP contribution is 2.39. The number of carbonyl (C=O) groups is 3. The van der Waals surface area contributed by atoms with Gasteiger partial charge in [-0.15, -0.1) is 0 Å². The molecule has 346 valence electrons. The molecule has 0 bridgehead atoms. The summed E-state index contributed by atoms with van der Waals surface area (Å²) < 4.78 is 11.9. The summed E-state index contributed by atoms with van der Waals surface area (Å²) in [5, 5.41) is 8.49. The zero-order valence-corrected chi connectivity index (χ0v) is 40.9. The highest BCUT2D eigenvalue weighted by Gasteiger charge is 2.41. The number of nitrogens with one attached hydrogen (secondary N) is 2. The number of likely N-dealkylation sites (N-methyl/N-ethyl adjacent to an activating group) is 2. The summed E-state index contributed by atoms with van der Waals surface area (Å²) in [5.74, 6) is 0.240. The number of benzene rings is 4. The Bertz CT molecular complexity index is 2200. The minimum atomic E-state index is -1.05. The molecule has 6 rings (SSSR count). The van der Waals surface area contributed by atoms with Crippen LogP contribution in [0.2, 0.25) is 15.1 Å². The Balaban J connectivity index is 0.000000241. The number of hydrogen-bond acceptors (Lipinski definition) is 7. The van der Waals surface area contributed by atoms with Crippen LogP contribution in [0.15, 0.2) is 97.1 Å². The molecule has 0 aliphatic heterocycles. The number of rotatable bonds is 15. The average Bonchev–Trinajstić information content (AvgIpc) is 3.25. The van der Waals surface area contributed by atoms with Gasteiger partial charge in [-0.25, -0.2) is 0 Å². The minimum absolute atomic E-state index is 0.0143. The van der Waals surface area contributed by atoms with E-state index in [-0.39, 0.29) is 35.0 Å². The molecule has 2 aliphatic rings. The van der Waals surface area contributed by atoms with Crippen molar-refractivity contribution < 1.29 is 23.9 Å². The monoisotopic (exact) mass is 933 g/mol. The van der Waals surface area contributed by atoms with Gasteiger partial charge in [0.2, 0.25) is 5.91 Å². The summed E-state index contributed by atoms with van der Waals surface area (Å²) in [6.07, 6.45) is 9.29. The normalized spacial score (nSPS) is 21.3. The maximum Gasteiger partial charge on any atom is 0.263 e. The Kier molecular flexibility index (Phi) is 17.2. The first kappa shape index (κ1) is 50.7. The summed E-state index contributed by atoms with van der Waals surface area (Å²) in [4.78, 5) is 41.8. The lowest BCUT2D eigenvalue weighted by Crippen LogP contribution is -2.55. The molecule has 4 aromatic rings. The number of primary amides is 1. The third kappa shape index (κ3) is 13.2. The summed E-state index contributed by atoms with van der Waals surface area (Å²) in [5.41, 5.74) is 5.99. The highest BCUT2D eigenvalue weighted by atomic mass is 35.5. The maximum absolute atomic E-state index is 13.0. The van der Waals surface area contributed by atoms with Gasteiger partial charge in [0.1, 0.15) is 11.5 Å². The standard InChI is InChI=1S/C26H34ClN3O3.C25H32Cl2N2O2/c1-25(2,33-21-11-9-18(10-12-21)23(28)31)24(32)29-20-13-15-26(16-14-20,30(3)4)17-19-7-5-6-8-22(19)27;1-24(2,31-22-12-8-7-11-21(22)27)23(30)28-19-13-15-25(16-14-19,29(3)4)17-18-9-5-6-10-20(18)26/h5-12,20H,13-17H2,1-4H3,(H2,28,31)(H,29,32);5-12,19H,13-17H2,1-4H3,(H,28,30). The molecule has 2 saturated carbocycles. The number of amides is 3. The largest absolute Gasteiger partial charge is 0.478 e. The molecule has 0 unspecified atom stereocenters. The molecule has 64 heavy (non-hydrogen) atoms. The van der Waals surface area contributed by atoms with E-state index in [2.05, 4.69) is 60.8 Å². The van der Waals surface area contributed by atoms with Crippen LogP contribution in [-0.2, 0) is 22.4 Å². The van der Waals surface area contributed by atoms with E-state index in [1.165, 1.54) is 5.56 Å². The van der Waals surface area contributed by atoms with Crippen LogP contribution in [0, 0.1) is 0 Å². The van der Waals surface area contributed by atoms with Crippen molar-refractivity contribution in [3.05, 3.63) is 129 Å². The highest BCUT2D eigenvalue weighted by molar-refractivity contribution is 6.32. The van der Waals surface area contributed by atoms with Gasteiger partial charge in [0, 0.05) is 38.8 Å². The van der Waals surface area contributed by atoms with Crippen LogP contribution in [-0.4, -0.2) is 90.1 Å². The van der Waals surface area contributed by atoms with Crippen molar-refractivity contribution in [3.8, 4) is 11.5 Å². The predicted octanol–water partition coefficient (Wildman–Crippen LogP) is 9.95. The van der Waals surface area contributed by atoms with E-state index in [0.29, 0.717) is 22.1 Å². The molecule has 3 amide bonds. The number of nitrogens with two attached hydrogens (primary N) is 1. The zero-order chi connectivity index (χ0) is 46.9. The average molecular weight is 935 g/mol. The van der Waals surface area contributed by atoms with Crippen LogP contribution < -0.4 is 25.8 Å². The third-order valence-corrected chi connectivity index (χ3v) is 14.2. The summed E-state index contributed by atoms with van der Waals surface area (Å²) >= 11 is 19.1. The summed E-state index contributed by atoms with van der Waals surface area (Å²) in [6.45, 7) is 7.04. The number of halogens is 3. The van der Waals surface area contributed by atoms with Gasteiger partial charge in [-0.2, -0.15) is 0 Å². The molecular formula is C51H66Cl3N5O5. The SMILES string of the molecule is CN(C)C1(Cc2ccccc2Cl)CCC(NC(=O)C(C)(C)Oc2ccc(C(N)=O)cc2)CC1.CN(C)C1(Cc2ccccc2Cl)CCC(NC(=O)C(C)(C)Oc2ccccc2Cl)CC1. The lowest BCUT2D eigenvalue weighted by Gasteiger charge is -2.46. The van der Waals surface area contributed by atoms with E-state index in [1.807, 2.05) is 48.5 Å². The van der Waals surface area contributed by atoms with Gasteiger partial charge in [0.05, 0.1) is 5.02 Å². The molecule has 4 aromatic carbocycles.